The molecule has 2 aromatic carbocycles. The number of hydrogen-bond donors (Lipinski definition) is 1. The van der Waals surface area contributed by atoms with E-state index < -0.39 is 0 Å². The van der Waals surface area contributed by atoms with Crippen molar-refractivity contribution in [2.75, 3.05) is 16.8 Å². The maximum Gasteiger partial charge on any atom is 0.229 e. The molecule has 2 amide bonds. The van der Waals surface area contributed by atoms with Gasteiger partial charge in [-0.2, -0.15) is 0 Å². The van der Waals surface area contributed by atoms with Gasteiger partial charge in [0.25, 0.3) is 0 Å². The Kier molecular flexibility index (Phi) is 4.38. The molecule has 1 aliphatic heterocycles. The highest BCUT2D eigenvalue weighted by atomic mass is 16.2. The van der Waals surface area contributed by atoms with Gasteiger partial charge < -0.3 is 10.2 Å². The van der Waals surface area contributed by atoms with Gasteiger partial charge >= 0.3 is 0 Å². The number of nitrogens with zero attached hydrogens (tertiary/aromatic N) is 1. The molecule has 2 aromatic rings. The van der Waals surface area contributed by atoms with Crippen LogP contribution >= 0.6 is 0 Å². The zero-order valence-electron chi connectivity index (χ0n) is 14.3. The van der Waals surface area contributed by atoms with Gasteiger partial charge in [-0.25, -0.2) is 0 Å². The van der Waals surface area contributed by atoms with E-state index in [0.29, 0.717) is 6.54 Å². The molecule has 124 valence electrons. The zero-order chi connectivity index (χ0) is 17.3. The van der Waals surface area contributed by atoms with E-state index >= 15 is 0 Å². The van der Waals surface area contributed by atoms with E-state index in [2.05, 4.69) is 5.32 Å². The van der Waals surface area contributed by atoms with E-state index in [0.717, 1.165) is 22.5 Å². The number of benzene rings is 2. The van der Waals surface area contributed by atoms with Crippen LogP contribution in [0.15, 0.2) is 42.5 Å². The summed E-state index contributed by atoms with van der Waals surface area (Å²) in [6.07, 6.45) is 0.255. The molecule has 0 bridgehead atoms. The summed E-state index contributed by atoms with van der Waals surface area (Å²) >= 11 is 0. The number of amides is 2. The minimum absolute atomic E-state index is 0.000775. The van der Waals surface area contributed by atoms with Crippen LogP contribution in [-0.4, -0.2) is 18.4 Å². The average Bonchev–Trinajstić information content (AvgIpc) is 2.93. The molecule has 0 radical (unpaired) electrons. The van der Waals surface area contributed by atoms with Crippen LogP contribution in [0, 0.1) is 26.7 Å². The summed E-state index contributed by atoms with van der Waals surface area (Å²) in [7, 11) is 0. The lowest BCUT2D eigenvalue weighted by Crippen LogP contribution is -2.28. The number of nitrogens with one attached hydrogen (secondary N) is 1. The molecule has 4 nitrogen and oxygen atoms in total. The van der Waals surface area contributed by atoms with E-state index in [1.807, 2.05) is 63.2 Å². The Balaban J connectivity index is 1.70. The number of carbonyl (C=O) groups excluding carboxylic acids is 2. The Morgan fingerprint density at radius 2 is 1.88 bits per heavy atom. The molecule has 4 heteroatoms. The van der Waals surface area contributed by atoms with Crippen molar-refractivity contribution in [3.63, 3.8) is 0 Å². The molecular weight excluding hydrogens is 300 g/mol. The lowest BCUT2D eigenvalue weighted by atomic mass is 10.1. The van der Waals surface area contributed by atoms with Gasteiger partial charge in [0.2, 0.25) is 11.8 Å². The molecule has 0 aliphatic carbocycles. The minimum Gasteiger partial charge on any atom is -0.326 e. The highest BCUT2D eigenvalue weighted by molar-refractivity contribution is 6.03. The average molecular weight is 322 g/mol. The predicted molar refractivity (Wildman–Crippen MR) is 96.2 cm³/mol. The molecule has 0 saturated carbocycles. The molecule has 0 aromatic heterocycles. The third-order valence-corrected chi connectivity index (χ3v) is 4.58. The SMILES string of the molecule is Cc1cccc(N2CC(C(=O)Nc3ccc(C)c(C)c3)CC2=O)c1. The summed E-state index contributed by atoms with van der Waals surface area (Å²) in [4.78, 5) is 26.5. The van der Waals surface area contributed by atoms with E-state index in [9.17, 15) is 9.59 Å². The molecule has 0 spiro atoms. The van der Waals surface area contributed by atoms with Crippen LogP contribution in [-0.2, 0) is 9.59 Å². The van der Waals surface area contributed by atoms with Crippen molar-refractivity contribution in [1.29, 1.82) is 0 Å². The number of rotatable bonds is 3. The molecule has 1 N–H and O–H groups in total. The van der Waals surface area contributed by atoms with Crippen LogP contribution < -0.4 is 10.2 Å². The molecule has 1 saturated heterocycles. The van der Waals surface area contributed by atoms with Gasteiger partial charge in [-0.1, -0.05) is 18.2 Å². The van der Waals surface area contributed by atoms with Crippen molar-refractivity contribution in [2.45, 2.75) is 27.2 Å². The second-order valence-corrected chi connectivity index (χ2v) is 6.53. The molecule has 3 rings (SSSR count). The first-order chi connectivity index (χ1) is 11.4. The van der Waals surface area contributed by atoms with Crippen LogP contribution in [0.5, 0.6) is 0 Å². The number of carbonyl (C=O) groups is 2. The first-order valence-corrected chi connectivity index (χ1v) is 8.19. The number of aryl methyl sites for hydroxylation is 3. The Hall–Kier alpha value is -2.62. The van der Waals surface area contributed by atoms with Gasteiger partial charge in [0, 0.05) is 24.3 Å². The number of anilines is 2. The van der Waals surface area contributed by atoms with Gasteiger partial charge in [-0.05, 0) is 61.7 Å². The molecule has 1 fully saturated rings. The first-order valence-electron chi connectivity index (χ1n) is 8.19. The molecule has 1 atom stereocenters. The summed E-state index contributed by atoms with van der Waals surface area (Å²) in [5.74, 6) is -0.415. The largest absolute Gasteiger partial charge is 0.326 e. The van der Waals surface area contributed by atoms with E-state index in [1.165, 1.54) is 5.56 Å². The van der Waals surface area contributed by atoms with Crippen LogP contribution in [0.4, 0.5) is 11.4 Å². The van der Waals surface area contributed by atoms with Crippen LogP contribution in [0.25, 0.3) is 0 Å². The van der Waals surface area contributed by atoms with Crippen molar-refractivity contribution >= 4 is 23.2 Å². The summed E-state index contributed by atoms with van der Waals surface area (Å²) in [5.41, 5.74) is 5.07. The molecule has 1 heterocycles. The fourth-order valence-electron chi connectivity index (χ4n) is 2.99. The first kappa shape index (κ1) is 16.2. The topological polar surface area (TPSA) is 49.4 Å². The minimum atomic E-state index is -0.320. The maximum absolute atomic E-state index is 12.5. The Bertz CT molecular complexity index is 798. The summed E-state index contributed by atoms with van der Waals surface area (Å²) in [6, 6.07) is 13.7. The lowest BCUT2D eigenvalue weighted by Gasteiger charge is -2.17. The third kappa shape index (κ3) is 3.32. The van der Waals surface area contributed by atoms with Crippen LogP contribution in [0.3, 0.4) is 0 Å². The third-order valence-electron chi connectivity index (χ3n) is 4.58. The van der Waals surface area contributed by atoms with Gasteiger partial charge in [0.1, 0.15) is 0 Å². The fourth-order valence-corrected chi connectivity index (χ4v) is 2.99. The molecule has 24 heavy (non-hydrogen) atoms. The van der Waals surface area contributed by atoms with E-state index in [-0.39, 0.29) is 24.2 Å². The lowest BCUT2D eigenvalue weighted by molar-refractivity contribution is -0.122. The second-order valence-electron chi connectivity index (χ2n) is 6.53. The van der Waals surface area contributed by atoms with Crippen LogP contribution in [0.1, 0.15) is 23.1 Å². The zero-order valence-corrected chi connectivity index (χ0v) is 14.3. The summed E-state index contributed by atoms with van der Waals surface area (Å²) in [6.45, 7) is 6.48. The Morgan fingerprint density at radius 1 is 1.08 bits per heavy atom. The molecule has 1 aliphatic rings. The smallest absolute Gasteiger partial charge is 0.229 e. The number of hydrogen-bond acceptors (Lipinski definition) is 2. The summed E-state index contributed by atoms with van der Waals surface area (Å²) in [5, 5.41) is 2.94. The quantitative estimate of drug-likeness (QED) is 0.938. The highest BCUT2D eigenvalue weighted by Crippen LogP contribution is 2.27. The Labute approximate surface area is 142 Å². The van der Waals surface area contributed by atoms with Crippen molar-refractivity contribution in [3.8, 4) is 0 Å². The van der Waals surface area contributed by atoms with E-state index in [1.54, 1.807) is 4.90 Å². The Morgan fingerprint density at radius 3 is 2.58 bits per heavy atom. The second kappa shape index (κ2) is 6.48. The van der Waals surface area contributed by atoms with Gasteiger partial charge in [-0.15, -0.1) is 0 Å². The van der Waals surface area contributed by atoms with Crippen molar-refractivity contribution < 1.29 is 9.59 Å². The maximum atomic E-state index is 12.5. The van der Waals surface area contributed by atoms with Gasteiger partial charge in [-0.3, -0.25) is 9.59 Å². The van der Waals surface area contributed by atoms with Crippen molar-refractivity contribution in [3.05, 3.63) is 59.2 Å². The monoisotopic (exact) mass is 322 g/mol. The van der Waals surface area contributed by atoms with Crippen molar-refractivity contribution in [1.82, 2.24) is 0 Å². The van der Waals surface area contributed by atoms with E-state index in [4.69, 9.17) is 0 Å². The van der Waals surface area contributed by atoms with Gasteiger partial charge in [0.05, 0.1) is 5.92 Å². The van der Waals surface area contributed by atoms with Crippen molar-refractivity contribution in [2.24, 2.45) is 5.92 Å². The highest BCUT2D eigenvalue weighted by Gasteiger charge is 2.35. The van der Waals surface area contributed by atoms with Crippen LogP contribution in [0.2, 0.25) is 0 Å². The van der Waals surface area contributed by atoms with Gasteiger partial charge in [0.15, 0.2) is 0 Å². The molecule has 1 unspecified atom stereocenters. The predicted octanol–water partition coefficient (Wildman–Crippen LogP) is 3.60. The summed E-state index contributed by atoms with van der Waals surface area (Å²) < 4.78 is 0. The standard InChI is InChI=1S/C20H22N2O2/c1-13-5-4-6-18(9-13)22-12-16(11-19(22)23)20(24)21-17-8-7-14(2)15(3)10-17/h4-10,16H,11-12H2,1-3H3,(H,21,24). The molecular formula is C20H22N2O2. The normalized spacial score (nSPS) is 17.2. The fraction of sp³-hybridized carbons (Fsp3) is 0.300.